The van der Waals surface area contributed by atoms with Crippen LogP contribution in [0.5, 0.6) is 5.75 Å². The lowest BCUT2D eigenvalue weighted by Crippen LogP contribution is -2.01. The molecule has 24 heavy (non-hydrogen) atoms. The maximum absolute atomic E-state index is 10.8. The van der Waals surface area contributed by atoms with Crippen molar-refractivity contribution in [2.75, 3.05) is 0 Å². The molecule has 1 heterocycles. The summed E-state index contributed by atoms with van der Waals surface area (Å²) in [5.41, 5.74) is 3.64. The van der Waals surface area contributed by atoms with Gasteiger partial charge in [0.2, 0.25) is 0 Å². The average molecular weight is 325 g/mol. The number of non-ortho nitro benzene ring substituents is 1. The van der Waals surface area contributed by atoms with E-state index in [0.29, 0.717) is 22.8 Å². The Hall–Kier alpha value is -2.89. The van der Waals surface area contributed by atoms with Crippen LogP contribution in [0.4, 0.5) is 5.69 Å². The summed E-state index contributed by atoms with van der Waals surface area (Å²) in [6.45, 7) is 6.55. The van der Waals surface area contributed by atoms with Crippen LogP contribution < -0.4 is 4.74 Å². The van der Waals surface area contributed by atoms with Crippen molar-refractivity contribution >= 4 is 16.7 Å². The van der Waals surface area contributed by atoms with E-state index in [1.54, 1.807) is 6.07 Å². The minimum Gasteiger partial charge on any atom is -0.485 e. The number of aromatic amines is 1. The van der Waals surface area contributed by atoms with E-state index in [9.17, 15) is 10.1 Å². The van der Waals surface area contributed by atoms with Gasteiger partial charge in [0.1, 0.15) is 18.2 Å². The third-order valence-electron chi connectivity index (χ3n) is 3.88. The van der Waals surface area contributed by atoms with Crippen molar-refractivity contribution in [2.45, 2.75) is 33.3 Å². The van der Waals surface area contributed by atoms with Gasteiger partial charge in [0.05, 0.1) is 16.0 Å². The van der Waals surface area contributed by atoms with Crippen LogP contribution >= 0.6 is 0 Å². The van der Waals surface area contributed by atoms with E-state index in [-0.39, 0.29) is 12.3 Å². The molecule has 0 radical (unpaired) electrons. The van der Waals surface area contributed by atoms with Crippen LogP contribution in [0.2, 0.25) is 0 Å². The Kier molecular flexibility index (Phi) is 4.20. The molecule has 0 unspecified atom stereocenters. The van der Waals surface area contributed by atoms with Crippen LogP contribution in [0.1, 0.15) is 36.7 Å². The van der Waals surface area contributed by atoms with E-state index in [2.05, 4.69) is 35.9 Å². The zero-order chi connectivity index (χ0) is 17.3. The Morgan fingerprint density at radius 3 is 2.75 bits per heavy atom. The number of H-pyrrole nitrogens is 1. The molecule has 3 rings (SSSR count). The van der Waals surface area contributed by atoms with Gasteiger partial charge in [-0.3, -0.25) is 10.1 Å². The molecule has 0 bridgehead atoms. The van der Waals surface area contributed by atoms with Crippen molar-refractivity contribution in [3.63, 3.8) is 0 Å². The number of imidazole rings is 1. The summed E-state index contributed by atoms with van der Waals surface area (Å²) in [6, 6.07) is 10.7. The fourth-order valence-corrected chi connectivity index (χ4v) is 2.62. The highest BCUT2D eigenvalue weighted by Gasteiger charge is 2.12. The third kappa shape index (κ3) is 3.22. The first-order valence-electron chi connectivity index (χ1n) is 7.80. The Morgan fingerprint density at radius 1 is 1.25 bits per heavy atom. The van der Waals surface area contributed by atoms with Crippen molar-refractivity contribution in [3.8, 4) is 5.75 Å². The summed E-state index contributed by atoms with van der Waals surface area (Å²) in [4.78, 5) is 17.9. The number of aryl methyl sites for hydroxylation is 1. The van der Waals surface area contributed by atoms with E-state index >= 15 is 0 Å². The van der Waals surface area contributed by atoms with Crippen molar-refractivity contribution in [3.05, 3.63) is 63.5 Å². The highest BCUT2D eigenvalue weighted by Crippen LogP contribution is 2.28. The number of hydrogen-bond acceptors (Lipinski definition) is 4. The molecule has 6 heteroatoms. The van der Waals surface area contributed by atoms with Gasteiger partial charge in [0, 0.05) is 12.1 Å². The van der Waals surface area contributed by atoms with Crippen molar-refractivity contribution in [2.24, 2.45) is 0 Å². The Morgan fingerprint density at radius 2 is 2.04 bits per heavy atom. The number of ether oxygens (including phenoxy) is 1. The summed E-state index contributed by atoms with van der Waals surface area (Å²) in [5, 5.41) is 10.8. The predicted octanol–water partition coefficient (Wildman–Crippen LogP) is 4.48. The molecule has 0 amide bonds. The fourth-order valence-electron chi connectivity index (χ4n) is 2.62. The lowest BCUT2D eigenvalue weighted by molar-refractivity contribution is -0.384. The lowest BCUT2D eigenvalue weighted by atomic mass is 10.0. The highest BCUT2D eigenvalue weighted by atomic mass is 16.6. The number of nitro benzene ring substituents is 1. The smallest absolute Gasteiger partial charge is 0.271 e. The predicted molar refractivity (Wildman–Crippen MR) is 92.3 cm³/mol. The van der Waals surface area contributed by atoms with Crippen LogP contribution in [0.3, 0.4) is 0 Å². The van der Waals surface area contributed by atoms with Gasteiger partial charge in [-0.15, -0.1) is 0 Å². The van der Waals surface area contributed by atoms with Crippen LogP contribution in [0, 0.1) is 17.0 Å². The highest BCUT2D eigenvalue weighted by molar-refractivity contribution is 5.77. The first kappa shape index (κ1) is 16.0. The number of rotatable bonds is 5. The van der Waals surface area contributed by atoms with Gasteiger partial charge in [-0.1, -0.05) is 26.0 Å². The minimum atomic E-state index is -0.419. The maximum Gasteiger partial charge on any atom is 0.271 e. The summed E-state index contributed by atoms with van der Waals surface area (Å²) in [7, 11) is 0. The van der Waals surface area contributed by atoms with Gasteiger partial charge in [0.25, 0.3) is 5.69 Å². The van der Waals surface area contributed by atoms with Crippen molar-refractivity contribution < 1.29 is 9.66 Å². The number of nitro groups is 1. The molecule has 1 aromatic heterocycles. The molecule has 0 saturated heterocycles. The number of fused-ring (bicyclic) bond motifs is 1. The molecule has 124 valence electrons. The zero-order valence-electron chi connectivity index (χ0n) is 13.9. The maximum atomic E-state index is 10.8. The standard InChI is InChI=1S/C18H19N3O3/c1-11(2)14-6-4-12(3)8-17(14)24-10-18-19-15-7-5-13(21(22)23)9-16(15)20-18/h4-9,11H,10H2,1-3H3,(H,19,20). The average Bonchev–Trinajstić information content (AvgIpc) is 2.94. The quantitative estimate of drug-likeness (QED) is 0.554. The molecule has 6 nitrogen and oxygen atoms in total. The Bertz CT molecular complexity index is 900. The molecule has 0 saturated carbocycles. The van der Waals surface area contributed by atoms with Crippen molar-refractivity contribution in [1.82, 2.24) is 9.97 Å². The molecule has 0 spiro atoms. The molecule has 0 aliphatic rings. The Balaban J connectivity index is 1.83. The summed E-state index contributed by atoms with van der Waals surface area (Å²) >= 11 is 0. The van der Waals surface area contributed by atoms with Crippen LogP contribution in [-0.2, 0) is 6.61 Å². The summed E-state index contributed by atoms with van der Waals surface area (Å²) in [5.74, 6) is 1.84. The van der Waals surface area contributed by atoms with E-state index in [4.69, 9.17) is 4.74 Å². The first-order valence-corrected chi connectivity index (χ1v) is 7.80. The second-order valence-electron chi connectivity index (χ2n) is 6.13. The normalized spacial score (nSPS) is 11.2. The summed E-state index contributed by atoms with van der Waals surface area (Å²) in [6.07, 6.45) is 0. The van der Waals surface area contributed by atoms with Crippen LogP contribution in [-0.4, -0.2) is 14.9 Å². The molecule has 0 fully saturated rings. The molecule has 1 N–H and O–H groups in total. The molecule has 3 aromatic rings. The van der Waals surface area contributed by atoms with Gasteiger partial charge in [-0.05, 0) is 36.1 Å². The number of nitrogens with zero attached hydrogens (tertiary/aromatic N) is 2. The molecule has 0 atom stereocenters. The van der Waals surface area contributed by atoms with E-state index in [1.807, 2.05) is 13.0 Å². The SMILES string of the molecule is Cc1ccc(C(C)C)c(OCc2nc3ccc([N+](=O)[O-])cc3[nH]2)c1. The van der Waals surface area contributed by atoms with Gasteiger partial charge in [-0.25, -0.2) is 4.98 Å². The van der Waals surface area contributed by atoms with Gasteiger partial charge < -0.3 is 9.72 Å². The molecular weight excluding hydrogens is 306 g/mol. The van der Waals surface area contributed by atoms with E-state index in [0.717, 1.165) is 16.9 Å². The van der Waals surface area contributed by atoms with Gasteiger partial charge >= 0.3 is 0 Å². The fraction of sp³-hybridized carbons (Fsp3) is 0.278. The summed E-state index contributed by atoms with van der Waals surface area (Å²) < 4.78 is 5.94. The monoisotopic (exact) mass is 325 g/mol. The minimum absolute atomic E-state index is 0.0411. The van der Waals surface area contributed by atoms with Gasteiger partial charge in [-0.2, -0.15) is 0 Å². The zero-order valence-corrected chi connectivity index (χ0v) is 13.9. The number of benzene rings is 2. The molecule has 0 aliphatic carbocycles. The third-order valence-corrected chi connectivity index (χ3v) is 3.88. The van der Waals surface area contributed by atoms with Gasteiger partial charge in [0.15, 0.2) is 0 Å². The van der Waals surface area contributed by atoms with Crippen molar-refractivity contribution in [1.29, 1.82) is 0 Å². The van der Waals surface area contributed by atoms with Crippen LogP contribution in [0.25, 0.3) is 11.0 Å². The number of hydrogen-bond donors (Lipinski definition) is 1. The molecular formula is C18H19N3O3. The van der Waals surface area contributed by atoms with E-state index < -0.39 is 4.92 Å². The number of nitrogens with one attached hydrogen (secondary N) is 1. The van der Waals surface area contributed by atoms with E-state index in [1.165, 1.54) is 12.1 Å². The largest absolute Gasteiger partial charge is 0.485 e. The molecule has 0 aliphatic heterocycles. The topological polar surface area (TPSA) is 81.1 Å². The lowest BCUT2D eigenvalue weighted by Gasteiger charge is -2.14. The first-order chi connectivity index (χ1) is 11.4. The second kappa shape index (κ2) is 6.31. The second-order valence-corrected chi connectivity index (χ2v) is 6.13. The Labute approximate surface area is 139 Å². The molecule has 2 aromatic carbocycles. The van der Waals surface area contributed by atoms with Crippen LogP contribution in [0.15, 0.2) is 36.4 Å². The number of aromatic nitrogens is 2.